The van der Waals surface area contributed by atoms with Gasteiger partial charge in [-0.1, -0.05) is 110 Å². The predicted molar refractivity (Wildman–Crippen MR) is 155 cm³/mol. The molecule has 0 atom stereocenters. The fourth-order valence-electron chi connectivity index (χ4n) is 4.96. The molecule has 1 aliphatic rings. The van der Waals surface area contributed by atoms with Crippen molar-refractivity contribution in [3.05, 3.63) is 152 Å². The highest BCUT2D eigenvalue weighted by atomic mass is 14.6. The van der Waals surface area contributed by atoms with Crippen molar-refractivity contribution in [3.63, 3.8) is 0 Å². The summed E-state index contributed by atoms with van der Waals surface area (Å²) in [6.45, 7) is 8.24. The summed E-state index contributed by atoms with van der Waals surface area (Å²) in [6.07, 6.45) is 18.6. The van der Waals surface area contributed by atoms with Gasteiger partial charge in [-0.05, 0) is 86.7 Å². The first-order valence-electron chi connectivity index (χ1n) is 12.4. The lowest BCUT2D eigenvalue weighted by molar-refractivity contribution is 1.04. The molecule has 5 rings (SSSR count). The van der Waals surface area contributed by atoms with Crippen LogP contribution in [0.25, 0.3) is 44.5 Å². The Kier molecular flexibility index (Phi) is 7.00. The van der Waals surface area contributed by atoms with E-state index in [1.807, 2.05) is 24.5 Å². The van der Waals surface area contributed by atoms with E-state index in [2.05, 4.69) is 121 Å². The lowest BCUT2D eigenvalue weighted by Crippen LogP contribution is -2.03. The van der Waals surface area contributed by atoms with Crippen molar-refractivity contribution >= 4 is 11.1 Å². The van der Waals surface area contributed by atoms with Crippen molar-refractivity contribution in [1.29, 1.82) is 0 Å². The minimum atomic E-state index is 1.03. The summed E-state index contributed by atoms with van der Waals surface area (Å²) in [5.74, 6) is 0. The Morgan fingerprint density at radius 3 is 1.97 bits per heavy atom. The summed E-state index contributed by atoms with van der Waals surface area (Å²) < 4.78 is 0. The third-order valence-electron chi connectivity index (χ3n) is 6.56. The lowest BCUT2D eigenvalue weighted by atomic mass is 9.78. The molecule has 0 fully saturated rings. The van der Waals surface area contributed by atoms with E-state index < -0.39 is 0 Å². The average Bonchev–Trinajstić information content (AvgIpc) is 2.96. The van der Waals surface area contributed by atoms with Crippen LogP contribution in [0.1, 0.15) is 24.0 Å². The van der Waals surface area contributed by atoms with Crippen LogP contribution in [0, 0.1) is 0 Å². The number of nitrogens with zero attached hydrogens (tertiary/aromatic N) is 1. The minimum absolute atomic E-state index is 1.03. The molecule has 1 aliphatic carbocycles. The monoisotopic (exact) mass is 463 g/mol. The van der Waals surface area contributed by atoms with Crippen molar-refractivity contribution in [2.24, 2.45) is 0 Å². The van der Waals surface area contributed by atoms with E-state index in [1.165, 1.54) is 39.0 Å². The minimum Gasteiger partial charge on any atom is -0.265 e. The van der Waals surface area contributed by atoms with Crippen molar-refractivity contribution in [2.45, 2.75) is 12.8 Å². The summed E-state index contributed by atoms with van der Waals surface area (Å²) in [6, 6.07) is 27.8. The van der Waals surface area contributed by atoms with E-state index in [9.17, 15) is 0 Å². The van der Waals surface area contributed by atoms with Gasteiger partial charge in [0.05, 0.1) is 0 Å². The second kappa shape index (κ2) is 10.8. The second-order valence-corrected chi connectivity index (χ2v) is 8.77. The van der Waals surface area contributed by atoms with Crippen LogP contribution in [0.5, 0.6) is 0 Å². The molecule has 3 aromatic carbocycles. The largest absolute Gasteiger partial charge is 0.265 e. The third-order valence-corrected chi connectivity index (χ3v) is 6.56. The molecule has 0 unspecified atom stereocenters. The van der Waals surface area contributed by atoms with Gasteiger partial charge in [0, 0.05) is 12.4 Å². The molecule has 1 heterocycles. The van der Waals surface area contributed by atoms with Crippen molar-refractivity contribution < 1.29 is 0 Å². The van der Waals surface area contributed by atoms with Gasteiger partial charge in [0.1, 0.15) is 0 Å². The van der Waals surface area contributed by atoms with Crippen LogP contribution >= 0.6 is 0 Å². The molecule has 0 spiro atoms. The van der Waals surface area contributed by atoms with Gasteiger partial charge < -0.3 is 0 Å². The maximum Gasteiger partial charge on any atom is 0.0273 e. The molecule has 0 aliphatic heterocycles. The van der Waals surface area contributed by atoms with Gasteiger partial charge in [-0.15, -0.1) is 0 Å². The van der Waals surface area contributed by atoms with E-state index in [-0.39, 0.29) is 0 Å². The average molecular weight is 464 g/mol. The van der Waals surface area contributed by atoms with E-state index in [4.69, 9.17) is 0 Å². The normalized spacial score (nSPS) is 13.2. The Hall–Kier alpha value is -4.49. The summed E-state index contributed by atoms with van der Waals surface area (Å²) in [4.78, 5) is 4.29. The molecule has 0 bridgehead atoms. The third kappa shape index (κ3) is 4.56. The van der Waals surface area contributed by atoms with E-state index in [1.54, 1.807) is 0 Å². The molecular formula is C35H29N. The van der Waals surface area contributed by atoms with Crippen molar-refractivity contribution in [1.82, 2.24) is 4.98 Å². The van der Waals surface area contributed by atoms with Crippen LogP contribution in [0.2, 0.25) is 0 Å². The molecule has 0 saturated heterocycles. The van der Waals surface area contributed by atoms with E-state index in [0.717, 1.165) is 29.5 Å². The molecule has 0 N–H and O–H groups in total. The molecule has 1 nitrogen and oxygen atoms in total. The number of hydrogen-bond donors (Lipinski definition) is 0. The van der Waals surface area contributed by atoms with Crippen molar-refractivity contribution in [3.8, 4) is 33.4 Å². The SMILES string of the molecule is C=C/C=C(\C=C)c1c(C2=CCCC=C2)c(-c2ccccc2)cc(-c2ccncc2)c1-c1ccccc1. The van der Waals surface area contributed by atoms with Gasteiger partial charge in [-0.25, -0.2) is 0 Å². The number of hydrogen-bond acceptors (Lipinski definition) is 1. The van der Waals surface area contributed by atoms with Gasteiger partial charge in [0.25, 0.3) is 0 Å². The lowest BCUT2D eigenvalue weighted by Gasteiger charge is -2.25. The van der Waals surface area contributed by atoms with Gasteiger partial charge in [-0.3, -0.25) is 4.98 Å². The zero-order valence-corrected chi connectivity index (χ0v) is 20.4. The predicted octanol–water partition coefficient (Wildman–Crippen LogP) is 9.57. The molecule has 0 saturated carbocycles. The van der Waals surface area contributed by atoms with Crippen LogP contribution < -0.4 is 0 Å². The Morgan fingerprint density at radius 1 is 0.722 bits per heavy atom. The summed E-state index contributed by atoms with van der Waals surface area (Å²) in [5.41, 5.74) is 11.7. The standard InChI is InChI=1S/C35H29N/c1-3-14-26(4-2)35-33(29-17-10-6-11-18-29)31(27-15-8-5-9-16-27)25-32(28-21-23-36-24-22-28)34(35)30-19-12-7-13-20-30/h3-5,7-10,12-25H,1-2,6,11H2/b26-14+. The zero-order chi connectivity index (χ0) is 24.7. The quantitative estimate of drug-likeness (QED) is 0.249. The first-order chi connectivity index (χ1) is 17.8. The number of pyridine rings is 1. The van der Waals surface area contributed by atoms with Gasteiger partial charge >= 0.3 is 0 Å². The summed E-state index contributed by atoms with van der Waals surface area (Å²) >= 11 is 0. The van der Waals surface area contributed by atoms with E-state index >= 15 is 0 Å². The number of rotatable bonds is 7. The molecule has 0 amide bonds. The van der Waals surface area contributed by atoms with Crippen LogP contribution in [0.3, 0.4) is 0 Å². The first kappa shape index (κ1) is 23.3. The molecule has 36 heavy (non-hydrogen) atoms. The highest BCUT2D eigenvalue weighted by Gasteiger charge is 2.24. The highest BCUT2D eigenvalue weighted by molar-refractivity contribution is 6.04. The summed E-state index contributed by atoms with van der Waals surface area (Å²) in [5, 5.41) is 0. The van der Waals surface area contributed by atoms with Crippen LogP contribution in [-0.2, 0) is 0 Å². The highest BCUT2D eigenvalue weighted by Crippen LogP contribution is 2.47. The maximum absolute atomic E-state index is 4.29. The topological polar surface area (TPSA) is 12.9 Å². The van der Waals surface area contributed by atoms with Crippen molar-refractivity contribution in [2.75, 3.05) is 0 Å². The number of aromatic nitrogens is 1. The molecule has 0 radical (unpaired) electrons. The zero-order valence-electron chi connectivity index (χ0n) is 20.4. The number of benzene rings is 3. The molecular weight excluding hydrogens is 434 g/mol. The fourth-order valence-corrected chi connectivity index (χ4v) is 4.96. The Bertz CT molecular complexity index is 1470. The summed E-state index contributed by atoms with van der Waals surface area (Å²) in [7, 11) is 0. The van der Waals surface area contributed by atoms with E-state index in [0.29, 0.717) is 0 Å². The number of allylic oxidation sites excluding steroid dienone is 8. The van der Waals surface area contributed by atoms with Gasteiger partial charge in [-0.2, -0.15) is 0 Å². The molecule has 4 aromatic rings. The van der Waals surface area contributed by atoms with Crippen LogP contribution in [0.15, 0.2) is 141 Å². The van der Waals surface area contributed by atoms with Crippen LogP contribution in [-0.4, -0.2) is 4.98 Å². The molecule has 1 heteroatoms. The molecule has 1 aromatic heterocycles. The Balaban J connectivity index is 2.02. The Labute approximate surface area is 214 Å². The molecule has 174 valence electrons. The van der Waals surface area contributed by atoms with Gasteiger partial charge in [0.15, 0.2) is 0 Å². The smallest absolute Gasteiger partial charge is 0.0273 e. The fraction of sp³-hybridized carbons (Fsp3) is 0.0571. The van der Waals surface area contributed by atoms with Crippen LogP contribution in [0.4, 0.5) is 0 Å². The Morgan fingerprint density at radius 2 is 1.36 bits per heavy atom. The van der Waals surface area contributed by atoms with Gasteiger partial charge in [0.2, 0.25) is 0 Å². The second-order valence-electron chi connectivity index (χ2n) is 8.77. The first-order valence-corrected chi connectivity index (χ1v) is 12.4. The maximum atomic E-state index is 4.29.